The van der Waals surface area contributed by atoms with Crippen molar-refractivity contribution in [2.45, 2.75) is 39.2 Å². The summed E-state index contributed by atoms with van der Waals surface area (Å²) in [7, 11) is 1.66. The van der Waals surface area contributed by atoms with Gasteiger partial charge in [-0.3, -0.25) is 4.79 Å². The van der Waals surface area contributed by atoms with Gasteiger partial charge >= 0.3 is 0 Å². The molecule has 0 bridgehead atoms. The molecule has 1 amide bonds. The molecule has 0 aliphatic heterocycles. The van der Waals surface area contributed by atoms with E-state index in [0.29, 0.717) is 25.3 Å². The Morgan fingerprint density at radius 1 is 1.42 bits per heavy atom. The summed E-state index contributed by atoms with van der Waals surface area (Å²) in [6, 6.07) is 5.96. The molecule has 0 fully saturated rings. The van der Waals surface area contributed by atoms with Crippen LogP contribution in [0.5, 0.6) is 5.75 Å². The second kappa shape index (κ2) is 7.79. The Balaban J connectivity index is 2.64. The summed E-state index contributed by atoms with van der Waals surface area (Å²) in [6.45, 7) is 4.78. The lowest BCUT2D eigenvalue weighted by Crippen LogP contribution is -2.22. The van der Waals surface area contributed by atoms with Crippen LogP contribution in [0.25, 0.3) is 0 Å². The van der Waals surface area contributed by atoms with Gasteiger partial charge in [0.05, 0.1) is 7.11 Å². The van der Waals surface area contributed by atoms with Crippen LogP contribution >= 0.6 is 0 Å². The fourth-order valence-corrected chi connectivity index (χ4v) is 1.87. The molecular formula is C15H23NO3. The van der Waals surface area contributed by atoms with Gasteiger partial charge in [0, 0.05) is 19.6 Å². The number of aliphatic hydroxyl groups is 1. The number of rotatable bonds is 7. The Bertz CT molecular complexity index is 416. The molecule has 0 radical (unpaired) electrons. The van der Waals surface area contributed by atoms with Gasteiger partial charge < -0.3 is 15.2 Å². The van der Waals surface area contributed by atoms with E-state index in [2.05, 4.69) is 25.2 Å². The van der Waals surface area contributed by atoms with E-state index < -0.39 is 0 Å². The lowest BCUT2D eigenvalue weighted by molar-refractivity contribution is -0.121. The Labute approximate surface area is 114 Å². The molecule has 1 rings (SSSR count). The lowest BCUT2D eigenvalue weighted by Gasteiger charge is -2.14. The van der Waals surface area contributed by atoms with Crippen LogP contribution in [0.3, 0.4) is 0 Å². The summed E-state index contributed by atoms with van der Waals surface area (Å²) >= 11 is 0. The van der Waals surface area contributed by atoms with Crippen molar-refractivity contribution >= 4 is 5.91 Å². The van der Waals surface area contributed by atoms with Gasteiger partial charge in [-0.15, -0.1) is 0 Å². The van der Waals surface area contributed by atoms with Crippen LogP contribution in [0.15, 0.2) is 18.2 Å². The van der Waals surface area contributed by atoms with E-state index in [-0.39, 0.29) is 12.5 Å². The van der Waals surface area contributed by atoms with E-state index >= 15 is 0 Å². The highest BCUT2D eigenvalue weighted by atomic mass is 16.5. The van der Waals surface area contributed by atoms with Crippen molar-refractivity contribution in [3.8, 4) is 5.75 Å². The summed E-state index contributed by atoms with van der Waals surface area (Å²) in [6.07, 6.45) is 0.870. The Hall–Kier alpha value is -1.55. The van der Waals surface area contributed by atoms with Crippen LogP contribution < -0.4 is 10.1 Å². The first-order chi connectivity index (χ1) is 9.08. The van der Waals surface area contributed by atoms with Crippen LogP contribution in [0.1, 0.15) is 43.7 Å². The van der Waals surface area contributed by atoms with Gasteiger partial charge in [-0.2, -0.15) is 0 Å². The number of benzene rings is 1. The minimum absolute atomic E-state index is 0.0315. The van der Waals surface area contributed by atoms with Crippen molar-refractivity contribution in [2.24, 2.45) is 0 Å². The number of ether oxygens (including phenoxy) is 1. The molecule has 0 atom stereocenters. The average Bonchev–Trinajstić information content (AvgIpc) is 2.42. The number of nitrogens with one attached hydrogen (secondary N) is 1. The van der Waals surface area contributed by atoms with E-state index in [1.54, 1.807) is 7.11 Å². The Morgan fingerprint density at radius 3 is 2.74 bits per heavy atom. The monoisotopic (exact) mass is 265 g/mol. The Kier molecular flexibility index (Phi) is 6.36. The smallest absolute Gasteiger partial charge is 0.220 e. The molecule has 106 valence electrons. The quantitative estimate of drug-likeness (QED) is 0.794. The first kappa shape index (κ1) is 15.5. The maximum atomic E-state index is 11.5. The van der Waals surface area contributed by atoms with Gasteiger partial charge in [0.1, 0.15) is 5.75 Å². The molecule has 19 heavy (non-hydrogen) atoms. The van der Waals surface area contributed by atoms with E-state index in [9.17, 15) is 4.79 Å². The third-order valence-corrected chi connectivity index (χ3v) is 2.97. The number of hydrogen-bond acceptors (Lipinski definition) is 3. The molecule has 1 aromatic rings. The van der Waals surface area contributed by atoms with E-state index in [1.165, 1.54) is 0 Å². The minimum atomic E-state index is -0.0315. The average molecular weight is 265 g/mol. The highest BCUT2D eigenvalue weighted by molar-refractivity contribution is 5.75. The standard InChI is InChI=1S/C15H23NO3/c1-11(2)13-9-12(6-7-14(13)19-3)10-16-15(18)5-4-8-17/h6-7,9,11,17H,4-5,8,10H2,1-3H3,(H,16,18). The summed E-state index contributed by atoms with van der Waals surface area (Å²) in [5, 5.41) is 11.5. The molecule has 0 saturated carbocycles. The maximum absolute atomic E-state index is 11.5. The largest absolute Gasteiger partial charge is 0.496 e. The predicted octanol–water partition coefficient (Wildman–Crippen LogP) is 2.21. The van der Waals surface area contributed by atoms with E-state index in [1.807, 2.05) is 12.1 Å². The molecule has 0 unspecified atom stereocenters. The number of amides is 1. The van der Waals surface area contributed by atoms with Crippen molar-refractivity contribution in [1.82, 2.24) is 5.32 Å². The molecule has 2 N–H and O–H groups in total. The van der Waals surface area contributed by atoms with Crippen LogP contribution in [-0.4, -0.2) is 24.7 Å². The molecule has 4 nitrogen and oxygen atoms in total. The van der Waals surface area contributed by atoms with Crippen molar-refractivity contribution in [1.29, 1.82) is 0 Å². The van der Waals surface area contributed by atoms with Gasteiger partial charge in [0.2, 0.25) is 5.91 Å². The zero-order valence-corrected chi connectivity index (χ0v) is 11.9. The SMILES string of the molecule is COc1ccc(CNC(=O)CCCO)cc1C(C)C. The third-order valence-electron chi connectivity index (χ3n) is 2.97. The first-order valence-electron chi connectivity index (χ1n) is 6.62. The normalized spacial score (nSPS) is 10.6. The molecule has 0 aromatic heterocycles. The van der Waals surface area contributed by atoms with Crippen LogP contribution in [0, 0.1) is 0 Å². The third kappa shape index (κ3) is 4.91. The zero-order valence-electron chi connectivity index (χ0n) is 11.9. The molecule has 0 aliphatic rings. The molecule has 0 spiro atoms. The summed E-state index contributed by atoms with van der Waals surface area (Å²) < 4.78 is 5.33. The second-order valence-electron chi connectivity index (χ2n) is 4.83. The number of hydrogen-bond donors (Lipinski definition) is 2. The lowest BCUT2D eigenvalue weighted by atomic mass is 9.99. The van der Waals surface area contributed by atoms with E-state index in [4.69, 9.17) is 9.84 Å². The summed E-state index contributed by atoms with van der Waals surface area (Å²) in [5.41, 5.74) is 2.20. The molecule has 0 aliphatic carbocycles. The Morgan fingerprint density at radius 2 is 2.16 bits per heavy atom. The van der Waals surface area contributed by atoms with Crippen LogP contribution in [-0.2, 0) is 11.3 Å². The minimum Gasteiger partial charge on any atom is -0.496 e. The first-order valence-corrected chi connectivity index (χ1v) is 6.62. The number of carbonyl (C=O) groups is 1. The zero-order chi connectivity index (χ0) is 14.3. The van der Waals surface area contributed by atoms with Crippen LogP contribution in [0.2, 0.25) is 0 Å². The van der Waals surface area contributed by atoms with Gasteiger partial charge in [-0.05, 0) is 29.5 Å². The highest BCUT2D eigenvalue weighted by Gasteiger charge is 2.09. The van der Waals surface area contributed by atoms with Crippen molar-refractivity contribution in [2.75, 3.05) is 13.7 Å². The second-order valence-corrected chi connectivity index (χ2v) is 4.83. The molecule has 0 saturated heterocycles. The van der Waals surface area contributed by atoms with Gasteiger partial charge in [0.25, 0.3) is 0 Å². The molecular weight excluding hydrogens is 242 g/mol. The highest BCUT2D eigenvalue weighted by Crippen LogP contribution is 2.27. The fraction of sp³-hybridized carbons (Fsp3) is 0.533. The number of methoxy groups -OCH3 is 1. The molecule has 1 aromatic carbocycles. The van der Waals surface area contributed by atoms with E-state index in [0.717, 1.165) is 16.9 Å². The van der Waals surface area contributed by atoms with Gasteiger partial charge in [-0.25, -0.2) is 0 Å². The van der Waals surface area contributed by atoms with Crippen LogP contribution in [0.4, 0.5) is 0 Å². The molecule has 0 heterocycles. The fourth-order valence-electron chi connectivity index (χ4n) is 1.87. The summed E-state index contributed by atoms with van der Waals surface area (Å²) in [4.78, 5) is 11.5. The van der Waals surface area contributed by atoms with Crippen molar-refractivity contribution in [3.63, 3.8) is 0 Å². The van der Waals surface area contributed by atoms with Gasteiger partial charge in [-0.1, -0.05) is 26.0 Å². The maximum Gasteiger partial charge on any atom is 0.220 e. The van der Waals surface area contributed by atoms with Crippen molar-refractivity contribution < 1.29 is 14.6 Å². The predicted molar refractivity (Wildman–Crippen MR) is 75.2 cm³/mol. The topological polar surface area (TPSA) is 58.6 Å². The van der Waals surface area contributed by atoms with Crippen molar-refractivity contribution in [3.05, 3.63) is 29.3 Å². The summed E-state index contributed by atoms with van der Waals surface area (Å²) in [5.74, 6) is 1.22. The number of carbonyl (C=O) groups excluding carboxylic acids is 1. The number of aliphatic hydroxyl groups excluding tert-OH is 1. The van der Waals surface area contributed by atoms with Gasteiger partial charge in [0.15, 0.2) is 0 Å². The molecule has 4 heteroatoms.